The maximum atomic E-state index is 12.5. The Bertz CT molecular complexity index is 1040. The van der Waals surface area contributed by atoms with Crippen molar-refractivity contribution in [2.24, 2.45) is 7.05 Å². The zero-order valence-electron chi connectivity index (χ0n) is 14.5. The van der Waals surface area contributed by atoms with E-state index in [-0.39, 0.29) is 11.8 Å². The van der Waals surface area contributed by atoms with Gasteiger partial charge in [-0.3, -0.25) is 9.48 Å². The average Bonchev–Trinajstić information content (AvgIpc) is 3.34. The Morgan fingerprint density at radius 1 is 1.59 bits per heavy atom. The van der Waals surface area contributed by atoms with E-state index >= 15 is 0 Å². The molecule has 0 aromatic carbocycles. The molecule has 1 unspecified atom stereocenters. The minimum Gasteiger partial charge on any atom is -0.450 e. The summed E-state index contributed by atoms with van der Waals surface area (Å²) in [5.41, 5.74) is 1.96. The summed E-state index contributed by atoms with van der Waals surface area (Å²) in [5.74, 6) is 0.571. The monoisotopic (exact) mass is 401 g/mol. The van der Waals surface area contributed by atoms with Crippen LogP contribution in [0.15, 0.2) is 28.9 Å². The summed E-state index contributed by atoms with van der Waals surface area (Å²) in [6, 6.07) is 5.84. The molecule has 1 aliphatic heterocycles. The highest BCUT2D eigenvalue weighted by molar-refractivity contribution is 7.16. The number of hydrogen-bond donors (Lipinski definition) is 2. The van der Waals surface area contributed by atoms with Crippen molar-refractivity contribution in [3.8, 4) is 6.07 Å². The van der Waals surface area contributed by atoms with Gasteiger partial charge in [0.05, 0.1) is 17.3 Å². The molecule has 3 aromatic heterocycles. The maximum absolute atomic E-state index is 12.5. The molecule has 1 amide bonds. The Balaban J connectivity index is 1.63. The maximum Gasteiger partial charge on any atom is 0.259 e. The molecule has 4 rings (SSSR count). The van der Waals surface area contributed by atoms with Crippen LogP contribution in [0.1, 0.15) is 38.0 Å². The summed E-state index contributed by atoms with van der Waals surface area (Å²) in [7, 11) is 1.75. The number of anilines is 1. The highest BCUT2D eigenvalue weighted by atomic mass is 35.5. The van der Waals surface area contributed by atoms with Crippen LogP contribution in [-0.4, -0.2) is 22.2 Å². The number of hydrogen-bond acceptors (Lipinski definition) is 6. The third-order valence-corrected chi connectivity index (χ3v) is 5.81. The van der Waals surface area contributed by atoms with Gasteiger partial charge < -0.3 is 15.1 Å². The van der Waals surface area contributed by atoms with Gasteiger partial charge in [-0.05, 0) is 29.3 Å². The van der Waals surface area contributed by atoms with Crippen molar-refractivity contribution in [3.05, 3.63) is 57.1 Å². The molecule has 0 spiro atoms. The zero-order valence-corrected chi connectivity index (χ0v) is 16.0. The van der Waals surface area contributed by atoms with Crippen molar-refractivity contribution in [2.45, 2.75) is 18.9 Å². The molecule has 1 aliphatic rings. The van der Waals surface area contributed by atoms with Crippen molar-refractivity contribution in [1.82, 2.24) is 15.1 Å². The second kappa shape index (κ2) is 7.19. The second-order valence-electron chi connectivity index (χ2n) is 6.35. The SMILES string of the molecule is Cn1cc(C(=O)Nc2sc3c(c2C#N)C(Cc2ccc(Cl)o2)CNC3)cn1. The zero-order chi connectivity index (χ0) is 19.0. The molecule has 0 radical (unpaired) electrons. The van der Waals surface area contributed by atoms with Gasteiger partial charge in [0, 0.05) is 43.5 Å². The smallest absolute Gasteiger partial charge is 0.259 e. The number of nitrogens with zero attached hydrogens (tertiary/aromatic N) is 3. The van der Waals surface area contributed by atoms with Crippen LogP contribution in [0, 0.1) is 11.3 Å². The van der Waals surface area contributed by atoms with Crippen LogP contribution in [0.4, 0.5) is 5.00 Å². The summed E-state index contributed by atoms with van der Waals surface area (Å²) in [5, 5.41) is 20.9. The van der Waals surface area contributed by atoms with E-state index < -0.39 is 0 Å². The molecule has 0 fully saturated rings. The van der Waals surface area contributed by atoms with Crippen LogP contribution in [0.5, 0.6) is 0 Å². The van der Waals surface area contributed by atoms with E-state index in [4.69, 9.17) is 16.0 Å². The normalized spacial score (nSPS) is 16.0. The Kier molecular flexibility index (Phi) is 4.74. The fraction of sp³-hybridized carbons (Fsp3) is 0.278. The molecule has 0 saturated carbocycles. The minimum absolute atomic E-state index is 0.0749. The number of nitriles is 1. The Morgan fingerprint density at radius 3 is 3.11 bits per heavy atom. The van der Waals surface area contributed by atoms with Crippen LogP contribution in [0.3, 0.4) is 0 Å². The summed E-state index contributed by atoms with van der Waals surface area (Å²) < 4.78 is 7.05. The first kappa shape index (κ1) is 17.8. The molecule has 7 nitrogen and oxygen atoms in total. The molecule has 2 N–H and O–H groups in total. The number of amides is 1. The van der Waals surface area contributed by atoms with Gasteiger partial charge in [-0.25, -0.2) is 0 Å². The van der Waals surface area contributed by atoms with E-state index in [1.807, 2.05) is 6.07 Å². The van der Waals surface area contributed by atoms with Crippen LogP contribution in [0.25, 0.3) is 0 Å². The predicted molar refractivity (Wildman–Crippen MR) is 102 cm³/mol. The summed E-state index contributed by atoms with van der Waals surface area (Å²) in [6.07, 6.45) is 3.77. The highest BCUT2D eigenvalue weighted by Crippen LogP contribution is 2.41. The lowest BCUT2D eigenvalue weighted by atomic mass is 9.89. The number of aryl methyl sites for hydroxylation is 1. The number of carbonyl (C=O) groups excluding carboxylic acids is 1. The molecule has 0 aliphatic carbocycles. The van der Waals surface area contributed by atoms with E-state index in [1.54, 1.807) is 24.0 Å². The summed E-state index contributed by atoms with van der Waals surface area (Å²) >= 11 is 7.31. The Labute approximate surface area is 164 Å². The van der Waals surface area contributed by atoms with Crippen LogP contribution in [-0.2, 0) is 20.0 Å². The standard InChI is InChI=1S/C18H16ClN5O2S/c1-24-9-11(7-22-24)17(25)23-18-13(5-20)16-10(6-21-8-14(16)27-18)4-12-2-3-15(19)26-12/h2-3,7,9-10,21H,4,6,8H2,1H3,(H,23,25). The molecule has 27 heavy (non-hydrogen) atoms. The minimum atomic E-state index is -0.277. The van der Waals surface area contributed by atoms with E-state index in [1.165, 1.54) is 17.5 Å². The topological polar surface area (TPSA) is 95.9 Å². The van der Waals surface area contributed by atoms with Gasteiger partial charge in [-0.15, -0.1) is 11.3 Å². The van der Waals surface area contributed by atoms with Crippen molar-refractivity contribution in [2.75, 3.05) is 11.9 Å². The summed E-state index contributed by atoms with van der Waals surface area (Å²) in [4.78, 5) is 13.5. The molecular weight excluding hydrogens is 386 g/mol. The third kappa shape index (κ3) is 3.49. The number of aromatic nitrogens is 2. The highest BCUT2D eigenvalue weighted by Gasteiger charge is 2.29. The Morgan fingerprint density at radius 2 is 2.44 bits per heavy atom. The fourth-order valence-corrected chi connectivity index (χ4v) is 4.67. The number of rotatable bonds is 4. The lowest BCUT2D eigenvalue weighted by Crippen LogP contribution is -2.28. The van der Waals surface area contributed by atoms with E-state index in [0.29, 0.717) is 34.3 Å². The molecule has 1 atom stereocenters. The van der Waals surface area contributed by atoms with Crippen molar-refractivity contribution >= 4 is 33.8 Å². The molecular formula is C18H16ClN5O2S. The molecule has 4 heterocycles. The fourth-order valence-electron chi connectivity index (χ4n) is 3.31. The van der Waals surface area contributed by atoms with Gasteiger partial charge in [0.25, 0.3) is 5.91 Å². The van der Waals surface area contributed by atoms with Gasteiger partial charge in [0.1, 0.15) is 16.8 Å². The quantitative estimate of drug-likeness (QED) is 0.699. The molecule has 138 valence electrons. The average molecular weight is 402 g/mol. The van der Waals surface area contributed by atoms with Crippen LogP contribution >= 0.6 is 22.9 Å². The van der Waals surface area contributed by atoms with Gasteiger partial charge in [0.2, 0.25) is 0 Å². The lowest BCUT2D eigenvalue weighted by molar-refractivity contribution is 0.102. The van der Waals surface area contributed by atoms with Gasteiger partial charge in [-0.1, -0.05) is 0 Å². The van der Waals surface area contributed by atoms with Gasteiger partial charge >= 0.3 is 0 Å². The van der Waals surface area contributed by atoms with E-state index in [9.17, 15) is 10.1 Å². The largest absolute Gasteiger partial charge is 0.450 e. The predicted octanol–water partition coefficient (Wildman–Crippen LogP) is 3.28. The molecule has 9 heteroatoms. The van der Waals surface area contributed by atoms with Crippen molar-refractivity contribution in [1.29, 1.82) is 5.26 Å². The summed E-state index contributed by atoms with van der Waals surface area (Å²) in [6.45, 7) is 1.40. The Hall–Kier alpha value is -2.60. The first-order valence-corrected chi connectivity index (χ1v) is 9.55. The number of nitrogens with one attached hydrogen (secondary N) is 2. The second-order valence-corrected chi connectivity index (χ2v) is 7.83. The van der Waals surface area contributed by atoms with Crippen LogP contribution in [0.2, 0.25) is 5.22 Å². The first-order chi connectivity index (χ1) is 13.0. The third-order valence-electron chi connectivity index (χ3n) is 4.49. The van der Waals surface area contributed by atoms with Gasteiger partial charge in [-0.2, -0.15) is 10.4 Å². The van der Waals surface area contributed by atoms with Crippen molar-refractivity contribution in [3.63, 3.8) is 0 Å². The van der Waals surface area contributed by atoms with Crippen LogP contribution < -0.4 is 10.6 Å². The van der Waals surface area contributed by atoms with E-state index in [0.717, 1.165) is 22.7 Å². The van der Waals surface area contributed by atoms with E-state index in [2.05, 4.69) is 21.8 Å². The number of halogens is 1. The van der Waals surface area contributed by atoms with Gasteiger partial charge in [0.15, 0.2) is 5.22 Å². The number of fused-ring (bicyclic) bond motifs is 1. The molecule has 0 saturated heterocycles. The number of furan rings is 1. The first-order valence-electron chi connectivity index (χ1n) is 8.35. The molecule has 3 aromatic rings. The number of thiophene rings is 1. The number of carbonyl (C=O) groups is 1. The molecule has 0 bridgehead atoms. The lowest BCUT2D eigenvalue weighted by Gasteiger charge is -2.23. The van der Waals surface area contributed by atoms with Crippen molar-refractivity contribution < 1.29 is 9.21 Å².